The maximum atomic E-state index is 14.6. The number of rotatable bonds is 22. The molecule has 17 nitrogen and oxygen atoms in total. The Balaban J connectivity index is 1.60. The molecule has 0 spiro atoms. The number of nitrogens with one attached hydrogen (secondary N) is 5. The fraction of sp³-hybridized carbons (Fsp3) is 0.354. The van der Waals surface area contributed by atoms with Gasteiger partial charge in [-0.05, 0) is 126 Å². The number of aryl methyl sites for hydroxylation is 1. The SMILES string of the molecule is Cc1ccc(O)c(-c2cc([C@@H](C(=O)N[C@@H](C)C(=O)N[C@@H](C)C(=O)N[C@@H](C)C(=O)CN[C@@H](C)C(N)=O)N(C)C(=O)[C@H](CCCCN)NC(=O)c3ccc(-c4ccc(Cl)cc4)cc3)ccc2O)c1. The minimum absolute atomic E-state index is 0.152. The molecular formula is C48H59ClN8O9. The van der Waals surface area contributed by atoms with Crippen molar-refractivity contribution in [2.24, 2.45) is 11.5 Å². The van der Waals surface area contributed by atoms with Gasteiger partial charge in [0.25, 0.3) is 5.91 Å². The molecule has 4 aromatic rings. The van der Waals surface area contributed by atoms with Crippen LogP contribution in [0, 0.1) is 6.92 Å². The molecular weight excluding hydrogens is 868 g/mol. The smallest absolute Gasteiger partial charge is 0.251 e. The molecule has 0 aliphatic carbocycles. The Morgan fingerprint density at radius 2 is 1.20 bits per heavy atom. The van der Waals surface area contributed by atoms with Gasteiger partial charge in [0.1, 0.15) is 35.7 Å². The highest BCUT2D eigenvalue weighted by atomic mass is 35.5. The molecule has 0 aromatic heterocycles. The van der Waals surface area contributed by atoms with E-state index in [0.29, 0.717) is 24.4 Å². The van der Waals surface area contributed by atoms with Crippen LogP contribution in [0.15, 0.2) is 84.9 Å². The normalized spacial score (nSPS) is 13.8. The summed E-state index contributed by atoms with van der Waals surface area (Å²) in [6, 6.07) is 16.1. The Kier molecular flexibility index (Phi) is 18.8. The summed E-state index contributed by atoms with van der Waals surface area (Å²) in [5.74, 6) is -5.00. The standard InChI is InChI=1S/C48H59ClN8O9/c1-26-10-20-39(58)36(23-26)37-24-34(17-21-40(37)59)42(47(65)55-30(5)45(63)54-29(4)44(62)53-27(2)41(60)25-52-28(3)43(51)61)57(6)48(66)38(9-7-8-22-50)56-46(64)33-13-11-31(12-14-33)32-15-18-35(49)19-16-32/h10-21,23-24,27-30,38,42,52,58-59H,7-9,22,25,50H2,1-6H3,(H2,51,61)(H,53,62)(H,54,63)(H,55,65)(H,56,64)/t27-,28-,29-,30-,38-,42-/m0/s1. The van der Waals surface area contributed by atoms with E-state index >= 15 is 0 Å². The van der Waals surface area contributed by atoms with Crippen molar-refractivity contribution in [3.05, 3.63) is 107 Å². The number of phenols is 2. The molecule has 11 N–H and O–H groups in total. The highest BCUT2D eigenvalue weighted by Crippen LogP contribution is 2.38. The van der Waals surface area contributed by atoms with Crippen LogP contribution in [0.2, 0.25) is 5.02 Å². The van der Waals surface area contributed by atoms with Crippen LogP contribution in [0.1, 0.15) is 74.5 Å². The number of Topliss-reactive ketones (excluding diaryl/α,β-unsaturated/α-hetero) is 1. The quantitative estimate of drug-likeness (QED) is 0.0516. The summed E-state index contributed by atoms with van der Waals surface area (Å²) in [7, 11) is 1.37. The van der Waals surface area contributed by atoms with Gasteiger partial charge in [-0.3, -0.25) is 38.9 Å². The van der Waals surface area contributed by atoms with Crippen molar-refractivity contribution in [2.75, 3.05) is 20.1 Å². The lowest BCUT2D eigenvalue weighted by atomic mass is 9.95. The van der Waals surface area contributed by atoms with Crippen LogP contribution < -0.4 is 38.1 Å². The first-order valence-corrected chi connectivity index (χ1v) is 21.8. The van der Waals surface area contributed by atoms with Gasteiger partial charge in [0.05, 0.1) is 18.6 Å². The van der Waals surface area contributed by atoms with E-state index in [1.54, 1.807) is 55.5 Å². The molecule has 0 aliphatic rings. The van der Waals surface area contributed by atoms with Gasteiger partial charge in [0.2, 0.25) is 29.5 Å². The molecule has 0 radical (unpaired) electrons. The zero-order valence-electron chi connectivity index (χ0n) is 37.8. The highest BCUT2D eigenvalue weighted by molar-refractivity contribution is 6.30. The maximum Gasteiger partial charge on any atom is 0.251 e. The van der Waals surface area contributed by atoms with Crippen molar-refractivity contribution in [1.29, 1.82) is 0 Å². The van der Waals surface area contributed by atoms with Crippen molar-refractivity contribution in [3.8, 4) is 33.8 Å². The van der Waals surface area contributed by atoms with Crippen LogP contribution in [0.5, 0.6) is 11.5 Å². The number of hydrogen-bond acceptors (Lipinski definition) is 11. The van der Waals surface area contributed by atoms with Crippen molar-refractivity contribution < 1.29 is 43.8 Å². The Hall–Kier alpha value is -6.82. The molecule has 18 heteroatoms. The number of amides is 6. The molecule has 6 atom stereocenters. The molecule has 352 valence electrons. The number of benzene rings is 4. The predicted molar refractivity (Wildman–Crippen MR) is 251 cm³/mol. The molecule has 0 fully saturated rings. The minimum atomic E-state index is -1.48. The van der Waals surface area contributed by atoms with E-state index in [0.717, 1.165) is 21.6 Å². The number of hydrogen-bond donors (Lipinski definition) is 9. The second-order valence-electron chi connectivity index (χ2n) is 16.2. The Bertz CT molecular complexity index is 2400. The van der Waals surface area contributed by atoms with Gasteiger partial charge in [0.15, 0.2) is 5.78 Å². The number of ketones is 1. The number of nitrogens with two attached hydrogens (primary N) is 2. The molecule has 0 saturated heterocycles. The first-order chi connectivity index (χ1) is 31.2. The second-order valence-corrected chi connectivity index (χ2v) is 16.6. The largest absolute Gasteiger partial charge is 0.507 e. The zero-order chi connectivity index (χ0) is 48.8. The van der Waals surface area contributed by atoms with Gasteiger partial charge in [-0.15, -0.1) is 0 Å². The van der Waals surface area contributed by atoms with E-state index in [4.69, 9.17) is 23.1 Å². The van der Waals surface area contributed by atoms with E-state index in [9.17, 15) is 43.8 Å². The fourth-order valence-corrected chi connectivity index (χ4v) is 6.99. The summed E-state index contributed by atoms with van der Waals surface area (Å²) in [6.07, 6.45) is 1.15. The molecule has 4 aromatic carbocycles. The molecule has 66 heavy (non-hydrogen) atoms. The predicted octanol–water partition coefficient (Wildman–Crippen LogP) is 3.37. The summed E-state index contributed by atoms with van der Waals surface area (Å²) in [5.41, 5.74) is 14.4. The number of carbonyl (C=O) groups is 7. The van der Waals surface area contributed by atoms with Gasteiger partial charge in [0, 0.05) is 28.8 Å². The number of nitrogens with zero attached hydrogens (tertiary/aromatic N) is 1. The van der Waals surface area contributed by atoms with Gasteiger partial charge < -0.3 is 47.8 Å². The van der Waals surface area contributed by atoms with Crippen LogP contribution in [-0.2, 0) is 28.8 Å². The Morgan fingerprint density at radius 3 is 1.77 bits per heavy atom. The number of halogens is 1. The first-order valence-electron chi connectivity index (χ1n) is 21.4. The van der Waals surface area contributed by atoms with Crippen molar-refractivity contribution in [3.63, 3.8) is 0 Å². The molecule has 0 unspecified atom stereocenters. The van der Waals surface area contributed by atoms with Crippen molar-refractivity contribution in [2.45, 2.75) is 90.1 Å². The van der Waals surface area contributed by atoms with Crippen LogP contribution in [0.3, 0.4) is 0 Å². The topological polar surface area (TPSA) is 275 Å². The molecule has 0 aliphatic heterocycles. The molecule has 0 bridgehead atoms. The second kappa shape index (κ2) is 23.9. The number of unbranched alkanes of at least 4 members (excludes halogenated alkanes) is 1. The number of aromatic hydroxyl groups is 2. The summed E-state index contributed by atoms with van der Waals surface area (Å²) in [4.78, 5) is 94.3. The number of primary amides is 1. The summed E-state index contributed by atoms with van der Waals surface area (Å²) < 4.78 is 0. The monoisotopic (exact) mass is 926 g/mol. The van der Waals surface area contributed by atoms with E-state index in [-0.39, 0.29) is 46.7 Å². The van der Waals surface area contributed by atoms with Gasteiger partial charge in [-0.1, -0.05) is 53.6 Å². The lowest BCUT2D eigenvalue weighted by Crippen LogP contribution is -2.56. The van der Waals surface area contributed by atoms with Gasteiger partial charge in [-0.2, -0.15) is 0 Å². The third-order valence-corrected chi connectivity index (χ3v) is 11.2. The van der Waals surface area contributed by atoms with E-state index in [1.165, 1.54) is 59.0 Å². The van der Waals surface area contributed by atoms with E-state index in [2.05, 4.69) is 26.6 Å². The highest BCUT2D eigenvalue weighted by Gasteiger charge is 2.35. The molecule has 4 rings (SSSR count). The maximum absolute atomic E-state index is 14.6. The number of phenolic OH excluding ortho intramolecular Hbond substituents is 2. The number of carbonyl (C=O) groups excluding carboxylic acids is 7. The van der Waals surface area contributed by atoms with Crippen LogP contribution >= 0.6 is 11.6 Å². The van der Waals surface area contributed by atoms with Crippen molar-refractivity contribution >= 4 is 52.8 Å². The molecule has 0 saturated carbocycles. The van der Waals surface area contributed by atoms with Crippen molar-refractivity contribution in [1.82, 2.24) is 31.5 Å². The average molecular weight is 927 g/mol. The lowest BCUT2D eigenvalue weighted by Gasteiger charge is -2.32. The van der Waals surface area contributed by atoms with Crippen LogP contribution in [0.25, 0.3) is 22.3 Å². The third kappa shape index (κ3) is 14.1. The Labute approximate surface area is 389 Å². The average Bonchev–Trinajstić information content (AvgIpc) is 3.28. The van der Waals surface area contributed by atoms with Crippen LogP contribution in [-0.4, -0.2) is 107 Å². The van der Waals surface area contributed by atoms with E-state index in [1.807, 2.05) is 12.1 Å². The Morgan fingerprint density at radius 1 is 0.667 bits per heavy atom. The molecule has 0 heterocycles. The third-order valence-electron chi connectivity index (χ3n) is 11.0. The lowest BCUT2D eigenvalue weighted by molar-refractivity contribution is -0.141. The summed E-state index contributed by atoms with van der Waals surface area (Å²) in [5, 5.41) is 35.5. The fourth-order valence-electron chi connectivity index (χ4n) is 6.87. The number of likely N-dealkylation sites (N-methyl/N-ethyl adjacent to an activating group) is 1. The molecule has 6 amide bonds. The summed E-state index contributed by atoms with van der Waals surface area (Å²) in [6.45, 7) is 7.56. The van der Waals surface area contributed by atoms with Gasteiger partial charge >= 0.3 is 0 Å². The van der Waals surface area contributed by atoms with E-state index < -0.39 is 77.5 Å². The summed E-state index contributed by atoms with van der Waals surface area (Å²) >= 11 is 6.05. The first kappa shape index (κ1) is 51.8. The minimum Gasteiger partial charge on any atom is -0.507 e. The van der Waals surface area contributed by atoms with Gasteiger partial charge in [-0.25, -0.2) is 0 Å². The zero-order valence-corrected chi connectivity index (χ0v) is 38.6. The van der Waals surface area contributed by atoms with Crippen LogP contribution in [0.4, 0.5) is 0 Å².